The molecule has 1 atom stereocenters. The number of fused-ring (bicyclic) bond motifs is 3. The van der Waals surface area contributed by atoms with Crippen molar-refractivity contribution in [1.82, 2.24) is 19.5 Å². The highest BCUT2D eigenvalue weighted by Gasteiger charge is 2.17. The summed E-state index contributed by atoms with van der Waals surface area (Å²) >= 11 is 1.39. The fraction of sp³-hybridized carbons (Fsp3) is 0.130. The monoisotopic (exact) mass is 414 g/mol. The maximum Gasteiger partial charge on any atom is 0.261 e. The smallest absolute Gasteiger partial charge is 0.261 e. The molecule has 0 amide bonds. The predicted molar refractivity (Wildman–Crippen MR) is 121 cm³/mol. The summed E-state index contributed by atoms with van der Waals surface area (Å²) in [5, 5.41) is 3.57. The van der Waals surface area contributed by atoms with Crippen LogP contribution in [0, 0.1) is 0 Å². The van der Waals surface area contributed by atoms with Crippen LogP contribution in [-0.2, 0) is 7.05 Å². The molecule has 0 aliphatic heterocycles. The van der Waals surface area contributed by atoms with E-state index in [0.717, 1.165) is 10.8 Å². The van der Waals surface area contributed by atoms with Gasteiger partial charge in [0.05, 0.1) is 27.1 Å². The molecule has 3 aromatic carbocycles. The fourth-order valence-corrected chi connectivity index (χ4v) is 4.49. The molecule has 7 heteroatoms. The van der Waals surface area contributed by atoms with Crippen LogP contribution in [0.25, 0.3) is 32.6 Å². The van der Waals surface area contributed by atoms with Crippen LogP contribution < -0.4 is 11.1 Å². The summed E-state index contributed by atoms with van der Waals surface area (Å²) in [4.78, 5) is 37.6. The Labute approximate surface area is 175 Å². The standard InChI is InChI=1S/C23H18N4O2S/c1-13(20-24-18-10-6-5-9-16(18)21(28)26-20)30-23-25-19-12-15-8-4-3-7-14(15)11-17(19)22(29)27(23)2/h3-13H,1-2H3,(H,24,26,28)/t13-/m1/s1. The molecule has 5 rings (SSSR count). The normalized spacial score (nSPS) is 12.6. The van der Waals surface area contributed by atoms with Gasteiger partial charge in [-0.05, 0) is 42.0 Å². The number of nitrogens with zero attached hydrogens (tertiary/aromatic N) is 3. The van der Waals surface area contributed by atoms with E-state index in [4.69, 9.17) is 4.98 Å². The Kier molecular flexibility index (Phi) is 4.40. The van der Waals surface area contributed by atoms with Crippen LogP contribution in [0.5, 0.6) is 0 Å². The Morgan fingerprint density at radius 2 is 1.60 bits per heavy atom. The molecule has 6 nitrogen and oxygen atoms in total. The van der Waals surface area contributed by atoms with Gasteiger partial charge in [-0.1, -0.05) is 48.2 Å². The quantitative estimate of drug-likeness (QED) is 0.272. The molecule has 0 saturated heterocycles. The van der Waals surface area contributed by atoms with E-state index in [1.165, 1.54) is 11.8 Å². The first-order chi connectivity index (χ1) is 14.5. The van der Waals surface area contributed by atoms with E-state index in [9.17, 15) is 9.59 Å². The molecular formula is C23H18N4O2S. The maximum absolute atomic E-state index is 13.0. The molecule has 0 aliphatic carbocycles. The number of thioether (sulfide) groups is 1. The molecule has 0 fully saturated rings. The summed E-state index contributed by atoms with van der Waals surface area (Å²) in [5.74, 6) is 0.552. The number of rotatable bonds is 3. The van der Waals surface area contributed by atoms with E-state index in [0.29, 0.717) is 32.8 Å². The average molecular weight is 414 g/mol. The number of H-pyrrole nitrogens is 1. The van der Waals surface area contributed by atoms with Crippen LogP contribution in [0.4, 0.5) is 0 Å². The maximum atomic E-state index is 13.0. The van der Waals surface area contributed by atoms with Crippen molar-refractivity contribution in [2.24, 2.45) is 7.05 Å². The van der Waals surface area contributed by atoms with Crippen LogP contribution in [0.3, 0.4) is 0 Å². The van der Waals surface area contributed by atoms with Gasteiger partial charge < -0.3 is 4.98 Å². The topological polar surface area (TPSA) is 80.6 Å². The van der Waals surface area contributed by atoms with Crippen molar-refractivity contribution in [1.29, 1.82) is 0 Å². The van der Waals surface area contributed by atoms with Crippen LogP contribution in [0.1, 0.15) is 18.0 Å². The third-order valence-electron chi connectivity index (χ3n) is 5.20. The third kappa shape index (κ3) is 3.07. The lowest BCUT2D eigenvalue weighted by Crippen LogP contribution is -2.20. The van der Waals surface area contributed by atoms with Crippen LogP contribution in [0.15, 0.2) is 75.4 Å². The van der Waals surface area contributed by atoms with Crippen molar-refractivity contribution >= 4 is 44.3 Å². The Morgan fingerprint density at radius 3 is 2.40 bits per heavy atom. The molecule has 148 valence electrons. The molecule has 2 aromatic heterocycles. The van der Waals surface area contributed by atoms with Crippen molar-refractivity contribution in [2.45, 2.75) is 17.3 Å². The van der Waals surface area contributed by atoms with Crippen molar-refractivity contribution in [3.63, 3.8) is 0 Å². The van der Waals surface area contributed by atoms with Gasteiger partial charge in [-0.3, -0.25) is 14.2 Å². The van der Waals surface area contributed by atoms with Crippen molar-refractivity contribution < 1.29 is 0 Å². The summed E-state index contributed by atoms with van der Waals surface area (Å²) in [5.41, 5.74) is 1.04. The lowest BCUT2D eigenvalue weighted by Gasteiger charge is -2.14. The number of aromatic nitrogens is 4. The van der Waals surface area contributed by atoms with Crippen molar-refractivity contribution in [3.8, 4) is 0 Å². The summed E-state index contributed by atoms with van der Waals surface area (Å²) in [7, 11) is 1.72. The molecule has 0 radical (unpaired) electrons. The Hall–Kier alpha value is -3.45. The Morgan fingerprint density at radius 1 is 0.900 bits per heavy atom. The van der Waals surface area contributed by atoms with E-state index in [1.54, 1.807) is 17.7 Å². The van der Waals surface area contributed by atoms with Crippen molar-refractivity contribution in [2.75, 3.05) is 0 Å². The summed E-state index contributed by atoms with van der Waals surface area (Å²) in [6, 6.07) is 19.0. The zero-order valence-electron chi connectivity index (χ0n) is 16.4. The van der Waals surface area contributed by atoms with E-state index >= 15 is 0 Å². The summed E-state index contributed by atoms with van der Waals surface area (Å²) in [6.45, 7) is 1.94. The third-order valence-corrected chi connectivity index (χ3v) is 6.35. The lowest BCUT2D eigenvalue weighted by molar-refractivity contribution is 0.722. The number of para-hydroxylation sites is 1. The minimum atomic E-state index is -0.196. The van der Waals surface area contributed by atoms with Crippen molar-refractivity contribution in [3.05, 3.63) is 87.2 Å². The molecule has 0 saturated carbocycles. The van der Waals surface area contributed by atoms with Crippen LogP contribution in [-0.4, -0.2) is 19.5 Å². The second-order valence-electron chi connectivity index (χ2n) is 7.20. The number of nitrogens with one attached hydrogen (secondary N) is 1. The van der Waals surface area contributed by atoms with Gasteiger partial charge in [0.2, 0.25) is 0 Å². The van der Waals surface area contributed by atoms with Gasteiger partial charge >= 0.3 is 0 Å². The molecule has 0 bridgehead atoms. The van der Waals surface area contributed by atoms with E-state index in [-0.39, 0.29) is 16.4 Å². The molecule has 0 spiro atoms. The van der Waals surface area contributed by atoms with E-state index in [1.807, 2.05) is 61.5 Å². The Bertz CT molecular complexity index is 1550. The highest BCUT2D eigenvalue weighted by atomic mass is 32.2. The van der Waals surface area contributed by atoms with E-state index < -0.39 is 0 Å². The van der Waals surface area contributed by atoms with Crippen LogP contribution >= 0.6 is 11.8 Å². The minimum Gasteiger partial charge on any atom is -0.309 e. The molecular weight excluding hydrogens is 396 g/mol. The van der Waals surface area contributed by atoms with Gasteiger partial charge in [0.1, 0.15) is 5.82 Å². The second kappa shape index (κ2) is 7.11. The average Bonchev–Trinajstić information content (AvgIpc) is 2.76. The first-order valence-electron chi connectivity index (χ1n) is 9.56. The molecule has 0 aliphatic rings. The van der Waals surface area contributed by atoms with Gasteiger partial charge in [-0.15, -0.1) is 0 Å². The Balaban J connectivity index is 1.59. The lowest BCUT2D eigenvalue weighted by atomic mass is 10.1. The van der Waals surface area contributed by atoms with Gasteiger partial charge in [0, 0.05) is 7.05 Å². The zero-order valence-corrected chi connectivity index (χ0v) is 17.2. The van der Waals surface area contributed by atoms with Gasteiger partial charge in [-0.25, -0.2) is 9.97 Å². The molecule has 30 heavy (non-hydrogen) atoms. The largest absolute Gasteiger partial charge is 0.309 e. The second-order valence-corrected chi connectivity index (χ2v) is 8.51. The molecule has 1 N–H and O–H groups in total. The minimum absolute atomic E-state index is 0.0968. The summed E-state index contributed by atoms with van der Waals surface area (Å²) in [6.07, 6.45) is 0. The number of hydrogen-bond acceptors (Lipinski definition) is 5. The first-order valence-corrected chi connectivity index (χ1v) is 10.4. The van der Waals surface area contributed by atoms with Crippen LogP contribution in [0.2, 0.25) is 0 Å². The summed E-state index contributed by atoms with van der Waals surface area (Å²) < 4.78 is 1.55. The highest BCUT2D eigenvalue weighted by molar-refractivity contribution is 7.99. The molecule has 2 heterocycles. The number of hydrogen-bond donors (Lipinski definition) is 1. The van der Waals surface area contributed by atoms with Gasteiger partial charge in [0.25, 0.3) is 11.1 Å². The molecule has 0 unspecified atom stereocenters. The fourth-order valence-electron chi connectivity index (χ4n) is 3.55. The van der Waals surface area contributed by atoms with E-state index in [2.05, 4.69) is 9.97 Å². The van der Waals surface area contributed by atoms with Gasteiger partial charge in [0.15, 0.2) is 5.16 Å². The first kappa shape index (κ1) is 18.6. The number of benzene rings is 3. The molecule has 5 aromatic rings. The SMILES string of the molecule is C[C@@H](Sc1nc2cc3ccccc3cc2c(=O)n1C)c1nc2ccccc2c(=O)[nH]1. The highest BCUT2D eigenvalue weighted by Crippen LogP contribution is 2.32. The predicted octanol–water partition coefficient (Wildman–Crippen LogP) is 4.18. The van der Waals surface area contributed by atoms with Gasteiger partial charge in [-0.2, -0.15) is 0 Å². The zero-order chi connectivity index (χ0) is 20.8. The number of aromatic amines is 1.